The van der Waals surface area contributed by atoms with Crippen molar-refractivity contribution in [1.29, 1.82) is 0 Å². The molecular formula is C21H31N3O. The number of piperazine rings is 1. The van der Waals surface area contributed by atoms with Crippen LogP contribution in [0.4, 0.5) is 0 Å². The van der Waals surface area contributed by atoms with Gasteiger partial charge in [-0.1, -0.05) is 44.2 Å². The van der Waals surface area contributed by atoms with E-state index in [4.69, 9.17) is 4.42 Å². The number of aryl methyl sites for hydroxylation is 1. The van der Waals surface area contributed by atoms with Gasteiger partial charge in [0.1, 0.15) is 11.5 Å². The van der Waals surface area contributed by atoms with Crippen LogP contribution in [0.25, 0.3) is 0 Å². The lowest BCUT2D eigenvalue weighted by Crippen LogP contribution is -2.45. The molecule has 2 aromatic rings. The van der Waals surface area contributed by atoms with E-state index in [1.165, 1.54) is 11.1 Å². The van der Waals surface area contributed by atoms with Crippen LogP contribution >= 0.6 is 0 Å². The first-order chi connectivity index (χ1) is 12.1. The Balaban J connectivity index is 1.46. The SMILES string of the molecule is Cc1cc(CN2CCN(Cc3ccccc3)CC2)oc1CNC(C)C. The smallest absolute Gasteiger partial charge is 0.120 e. The maximum Gasteiger partial charge on any atom is 0.120 e. The number of hydrogen-bond acceptors (Lipinski definition) is 4. The first kappa shape index (κ1) is 18.2. The van der Waals surface area contributed by atoms with Crippen LogP contribution in [0.2, 0.25) is 0 Å². The van der Waals surface area contributed by atoms with Gasteiger partial charge in [-0.3, -0.25) is 9.80 Å². The van der Waals surface area contributed by atoms with E-state index >= 15 is 0 Å². The number of nitrogens with one attached hydrogen (secondary N) is 1. The highest BCUT2D eigenvalue weighted by Crippen LogP contribution is 2.18. The van der Waals surface area contributed by atoms with Gasteiger partial charge in [0, 0.05) is 38.8 Å². The molecule has 25 heavy (non-hydrogen) atoms. The third-order valence-corrected chi connectivity index (χ3v) is 4.84. The third-order valence-electron chi connectivity index (χ3n) is 4.84. The summed E-state index contributed by atoms with van der Waals surface area (Å²) >= 11 is 0. The van der Waals surface area contributed by atoms with Gasteiger partial charge in [0.05, 0.1) is 13.1 Å². The van der Waals surface area contributed by atoms with Crippen LogP contribution in [0, 0.1) is 6.92 Å². The summed E-state index contributed by atoms with van der Waals surface area (Å²) in [7, 11) is 0. The van der Waals surface area contributed by atoms with Crippen molar-refractivity contribution in [3.8, 4) is 0 Å². The van der Waals surface area contributed by atoms with E-state index in [0.29, 0.717) is 6.04 Å². The topological polar surface area (TPSA) is 31.6 Å². The van der Waals surface area contributed by atoms with Crippen LogP contribution in [0.1, 0.15) is 36.5 Å². The number of furan rings is 1. The lowest BCUT2D eigenvalue weighted by atomic mass is 10.2. The molecule has 1 aliphatic heterocycles. The lowest BCUT2D eigenvalue weighted by molar-refractivity contribution is 0.115. The zero-order valence-electron chi connectivity index (χ0n) is 15.8. The predicted octanol–water partition coefficient (Wildman–Crippen LogP) is 3.40. The van der Waals surface area contributed by atoms with E-state index in [2.05, 4.69) is 72.3 Å². The van der Waals surface area contributed by atoms with Gasteiger partial charge in [0.25, 0.3) is 0 Å². The molecule has 1 N–H and O–H groups in total. The van der Waals surface area contributed by atoms with Crippen molar-refractivity contribution in [3.63, 3.8) is 0 Å². The molecule has 1 fully saturated rings. The van der Waals surface area contributed by atoms with E-state index in [9.17, 15) is 0 Å². The summed E-state index contributed by atoms with van der Waals surface area (Å²) in [5.74, 6) is 2.17. The first-order valence-electron chi connectivity index (χ1n) is 9.40. The number of nitrogens with zero attached hydrogens (tertiary/aromatic N) is 2. The highest BCUT2D eigenvalue weighted by molar-refractivity contribution is 5.20. The van der Waals surface area contributed by atoms with Crippen LogP contribution in [-0.2, 0) is 19.6 Å². The highest BCUT2D eigenvalue weighted by Gasteiger charge is 2.19. The Bertz CT molecular complexity index is 642. The van der Waals surface area contributed by atoms with Crippen molar-refractivity contribution in [1.82, 2.24) is 15.1 Å². The number of hydrogen-bond donors (Lipinski definition) is 1. The summed E-state index contributed by atoms with van der Waals surface area (Å²) in [5.41, 5.74) is 2.66. The van der Waals surface area contributed by atoms with Crippen LogP contribution < -0.4 is 5.32 Å². The van der Waals surface area contributed by atoms with Gasteiger partial charge in [-0.05, 0) is 24.1 Å². The minimum atomic E-state index is 0.477. The van der Waals surface area contributed by atoms with Crippen LogP contribution in [0.15, 0.2) is 40.8 Å². The van der Waals surface area contributed by atoms with E-state index < -0.39 is 0 Å². The standard InChI is InChI=1S/C21H31N3O/c1-17(2)22-14-21-18(3)13-20(25-21)16-24-11-9-23(10-12-24)15-19-7-5-4-6-8-19/h4-8,13,17,22H,9-12,14-16H2,1-3H3. The summed E-state index contributed by atoms with van der Waals surface area (Å²) in [5, 5.41) is 3.43. The molecule has 0 bridgehead atoms. The Labute approximate surface area is 151 Å². The summed E-state index contributed by atoms with van der Waals surface area (Å²) in [6.07, 6.45) is 0. The van der Waals surface area contributed by atoms with E-state index in [1.54, 1.807) is 0 Å². The summed E-state index contributed by atoms with van der Waals surface area (Å²) in [6.45, 7) is 13.7. The predicted molar refractivity (Wildman–Crippen MR) is 102 cm³/mol. The van der Waals surface area contributed by atoms with Crippen molar-refractivity contribution in [2.75, 3.05) is 26.2 Å². The summed E-state index contributed by atoms with van der Waals surface area (Å²) in [4.78, 5) is 5.04. The van der Waals surface area contributed by atoms with Gasteiger partial charge in [-0.25, -0.2) is 0 Å². The van der Waals surface area contributed by atoms with Gasteiger partial charge < -0.3 is 9.73 Å². The largest absolute Gasteiger partial charge is 0.463 e. The fraction of sp³-hybridized carbons (Fsp3) is 0.524. The molecule has 4 heteroatoms. The minimum absolute atomic E-state index is 0.477. The molecule has 0 atom stereocenters. The highest BCUT2D eigenvalue weighted by atomic mass is 16.3. The molecule has 0 unspecified atom stereocenters. The van der Waals surface area contributed by atoms with Crippen molar-refractivity contribution in [3.05, 3.63) is 59.0 Å². The van der Waals surface area contributed by atoms with Gasteiger partial charge in [-0.15, -0.1) is 0 Å². The van der Waals surface area contributed by atoms with Crippen LogP contribution in [0.3, 0.4) is 0 Å². The molecule has 0 saturated carbocycles. The second kappa shape index (κ2) is 8.65. The van der Waals surface area contributed by atoms with Gasteiger partial charge in [0.2, 0.25) is 0 Å². The lowest BCUT2D eigenvalue weighted by Gasteiger charge is -2.34. The fourth-order valence-electron chi connectivity index (χ4n) is 3.31. The van der Waals surface area contributed by atoms with E-state index in [-0.39, 0.29) is 0 Å². The quantitative estimate of drug-likeness (QED) is 0.836. The molecule has 3 rings (SSSR count). The zero-order valence-corrected chi connectivity index (χ0v) is 15.8. The Morgan fingerprint density at radius 2 is 1.64 bits per heavy atom. The average Bonchev–Trinajstić information content (AvgIpc) is 2.95. The second-order valence-corrected chi connectivity index (χ2v) is 7.39. The molecular weight excluding hydrogens is 310 g/mol. The van der Waals surface area contributed by atoms with Gasteiger partial charge >= 0.3 is 0 Å². The number of rotatable bonds is 7. The molecule has 1 saturated heterocycles. The number of benzene rings is 1. The molecule has 1 aliphatic rings. The molecule has 0 aliphatic carbocycles. The average molecular weight is 341 g/mol. The fourth-order valence-corrected chi connectivity index (χ4v) is 3.31. The molecule has 0 radical (unpaired) electrons. The summed E-state index contributed by atoms with van der Waals surface area (Å²) < 4.78 is 6.07. The molecule has 4 nitrogen and oxygen atoms in total. The third kappa shape index (κ3) is 5.43. The van der Waals surface area contributed by atoms with Crippen LogP contribution in [0.5, 0.6) is 0 Å². The molecule has 136 valence electrons. The van der Waals surface area contributed by atoms with E-state index in [1.807, 2.05) is 0 Å². The zero-order chi connectivity index (χ0) is 17.6. The Morgan fingerprint density at radius 1 is 1.00 bits per heavy atom. The van der Waals surface area contributed by atoms with Gasteiger partial charge in [-0.2, -0.15) is 0 Å². The van der Waals surface area contributed by atoms with Gasteiger partial charge in [0.15, 0.2) is 0 Å². The molecule has 0 amide bonds. The minimum Gasteiger partial charge on any atom is -0.463 e. The Hall–Kier alpha value is -1.62. The first-order valence-corrected chi connectivity index (χ1v) is 9.40. The van der Waals surface area contributed by atoms with Crippen molar-refractivity contribution in [2.45, 2.75) is 46.4 Å². The monoisotopic (exact) mass is 341 g/mol. The summed E-state index contributed by atoms with van der Waals surface area (Å²) in [6, 6.07) is 13.4. The normalized spacial score (nSPS) is 16.6. The van der Waals surface area contributed by atoms with Crippen LogP contribution in [-0.4, -0.2) is 42.0 Å². The maximum absolute atomic E-state index is 6.07. The Morgan fingerprint density at radius 3 is 2.28 bits per heavy atom. The molecule has 0 spiro atoms. The maximum atomic E-state index is 6.07. The van der Waals surface area contributed by atoms with Crippen molar-refractivity contribution < 1.29 is 4.42 Å². The molecule has 2 heterocycles. The Kier molecular flexibility index (Phi) is 6.29. The van der Waals surface area contributed by atoms with E-state index in [0.717, 1.165) is 57.3 Å². The molecule has 1 aromatic carbocycles. The molecule has 1 aromatic heterocycles. The second-order valence-electron chi connectivity index (χ2n) is 7.39. The van der Waals surface area contributed by atoms with Crippen molar-refractivity contribution in [2.24, 2.45) is 0 Å². The van der Waals surface area contributed by atoms with Crippen molar-refractivity contribution >= 4 is 0 Å².